The third-order valence-corrected chi connectivity index (χ3v) is 2.72. The Bertz CT molecular complexity index is 621. The van der Waals surface area contributed by atoms with Crippen molar-refractivity contribution >= 4 is 17.3 Å². The zero-order valence-corrected chi connectivity index (χ0v) is 10.2. The SMILES string of the molecule is Cc1cccc(C(=O)Nc2c(N)cccc2F)c1F. The van der Waals surface area contributed by atoms with Crippen molar-refractivity contribution in [3.05, 3.63) is 59.2 Å². The van der Waals surface area contributed by atoms with E-state index in [0.29, 0.717) is 5.56 Å². The monoisotopic (exact) mass is 262 g/mol. The molecule has 19 heavy (non-hydrogen) atoms. The first-order chi connectivity index (χ1) is 9.00. The Kier molecular flexibility index (Phi) is 3.46. The number of nitrogens with two attached hydrogens (primary N) is 1. The largest absolute Gasteiger partial charge is 0.397 e. The van der Waals surface area contributed by atoms with Crippen LogP contribution in [0.25, 0.3) is 0 Å². The first-order valence-electron chi connectivity index (χ1n) is 5.61. The lowest BCUT2D eigenvalue weighted by molar-refractivity contribution is 0.102. The quantitative estimate of drug-likeness (QED) is 0.817. The molecule has 0 aliphatic rings. The molecular weight excluding hydrogens is 250 g/mol. The highest BCUT2D eigenvalue weighted by Gasteiger charge is 2.16. The number of aryl methyl sites for hydroxylation is 1. The molecule has 0 radical (unpaired) electrons. The predicted octanol–water partition coefficient (Wildman–Crippen LogP) is 3.11. The number of carbonyl (C=O) groups is 1. The molecule has 0 aliphatic heterocycles. The zero-order chi connectivity index (χ0) is 14.0. The van der Waals surface area contributed by atoms with Gasteiger partial charge in [-0.15, -0.1) is 0 Å². The lowest BCUT2D eigenvalue weighted by atomic mass is 10.1. The molecule has 1 amide bonds. The van der Waals surface area contributed by atoms with Gasteiger partial charge >= 0.3 is 0 Å². The van der Waals surface area contributed by atoms with Gasteiger partial charge in [0.2, 0.25) is 0 Å². The Hall–Kier alpha value is -2.43. The molecule has 0 fully saturated rings. The molecule has 2 aromatic rings. The molecule has 2 rings (SSSR count). The molecule has 5 heteroatoms. The van der Waals surface area contributed by atoms with Crippen LogP contribution in [0.2, 0.25) is 0 Å². The van der Waals surface area contributed by atoms with E-state index in [4.69, 9.17) is 5.73 Å². The Labute approximate surface area is 109 Å². The maximum absolute atomic E-state index is 13.8. The first-order valence-corrected chi connectivity index (χ1v) is 5.61. The Morgan fingerprint density at radius 3 is 2.53 bits per heavy atom. The van der Waals surface area contributed by atoms with Gasteiger partial charge in [0.25, 0.3) is 5.91 Å². The summed E-state index contributed by atoms with van der Waals surface area (Å²) in [6.07, 6.45) is 0. The van der Waals surface area contributed by atoms with Crippen molar-refractivity contribution in [2.75, 3.05) is 11.1 Å². The summed E-state index contributed by atoms with van der Waals surface area (Å²) >= 11 is 0. The molecule has 3 nitrogen and oxygen atoms in total. The second-order valence-electron chi connectivity index (χ2n) is 4.09. The average molecular weight is 262 g/mol. The number of para-hydroxylation sites is 1. The average Bonchev–Trinajstić information content (AvgIpc) is 2.37. The Morgan fingerprint density at radius 2 is 1.84 bits per heavy atom. The van der Waals surface area contributed by atoms with Crippen molar-refractivity contribution in [2.45, 2.75) is 6.92 Å². The molecule has 0 aromatic heterocycles. The van der Waals surface area contributed by atoms with Crippen molar-refractivity contribution in [2.24, 2.45) is 0 Å². The summed E-state index contributed by atoms with van der Waals surface area (Å²) in [7, 11) is 0. The second kappa shape index (κ2) is 5.06. The van der Waals surface area contributed by atoms with Gasteiger partial charge in [-0.05, 0) is 30.7 Å². The summed E-state index contributed by atoms with van der Waals surface area (Å²) in [6.45, 7) is 1.55. The summed E-state index contributed by atoms with van der Waals surface area (Å²) in [5, 5.41) is 2.28. The minimum atomic E-state index is -0.738. The lowest BCUT2D eigenvalue weighted by Gasteiger charge is -2.10. The van der Waals surface area contributed by atoms with Crippen LogP contribution in [0.1, 0.15) is 15.9 Å². The maximum Gasteiger partial charge on any atom is 0.258 e. The van der Waals surface area contributed by atoms with Gasteiger partial charge in [0.1, 0.15) is 17.3 Å². The minimum absolute atomic E-state index is 0.0846. The van der Waals surface area contributed by atoms with Crippen molar-refractivity contribution < 1.29 is 13.6 Å². The van der Waals surface area contributed by atoms with Gasteiger partial charge in [-0.1, -0.05) is 18.2 Å². The molecule has 0 heterocycles. The number of rotatable bonds is 2. The van der Waals surface area contributed by atoms with Crippen LogP contribution in [-0.2, 0) is 0 Å². The fourth-order valence-corrected chi connectivity index (χ4v) is 1.68. The molecule has 0 saturated carbocycles. The van der Waals surface area contributed by atoms with Crippen LogP contribution in [-0.4, -0.2) is 5.91 Å². The van der Waals surface area contributed by atoms with Crippen molar-refractivity contribution in [3.8, 4) is 0 Å². The van der Waals surface area contributed by atoms with Gasteiger partial charge in [0, 0.05) is 0 Å². The molecule has 98 valence electrons. The van der Waals surface area contributed by atoms with Gasteiger partial charge in [-0.25, -0.2) is 8.78 Å². The molecule has 0 spiro atoms. The van der Waals surface area contributed by atoms with E-state index >= 15 is 0 Å². The van der Waals surface area contributed by atoms with Crippen LogP contribution in [0, 0.1) is 18.6 Å². The van der Waals surface area contributed by atoms with Crippen molar-refractivity contribution in [1.82, 2.24) is 0 Å². The van der Waals surface area contributed by atoms with Crippen LogP contribution in [0.4, 0.5) is 20.2 Å². The zero-order valence-electron chi connectivity index (χ0n) is 10.2. The third-order valence-electron chi connectivity index (χ3n) is 2.72. The van der Waals surface area contributed by atoms with E-state index in [1.165, 1.54) is 24.3 Å². The van der Waals surface area contributed by atoms with E-state index in [0.717, 1.165) is 0 Å². The number of nitrogens with one attached hydrogen (secondary N) is 1. The molecule has 0 saturated heterocycles. The Morgan fingerprint density at radius 1 is 1.16 bits per heavy atom. The number of halogens is 2. The van der Waals surface area contributed by atoms with E-state index in [1.807, 2.05) is 0 Å². The van der Waals surface area contributed by atoms with Crippen LogP contribution in [0.3, 0.4) is 0 Å². The smallest absolute Gasteiger partial charge is 0.258 e. The van der Waals surface area contributed by atoms with Crippen molar-refractivity contribution in [1.29, 1.82) is 0 Å². The Balaban J connectivity index is 2.34. The van der Waals surface area contributed by atoms with Crippen LogP contribution in [0.15, 0.2) is 36.4 Å². The highest BCUT2D eigenvalue weighted by atomic mass is 19.1. The standard InChI is InChI=1S/C14H12F2N2O/c1-8-4-2-5-9(12(8)16)14(19)18-13-10(15)6-3-7-11(13)17/h2-7H,17H2,1H3,(H,18,19). The van der Waals surface area contributed by atoms with Gasteiger partial charge < -0.3 is 11.1 Å². The van der Waals surface area contributed by atoms with Crippen LogP contribution >= 0.6 is 0 Å². The summed E-state index contributed by atoms with van der Waals surface area (Å²) in [5.41, 5.74) is 5.70. The highest BCUT2D eigenvalue weighted by molar-refractivity contribution is 6.06. The third kappa shape index (κ3) is 2.54. The molecule has 3 N–H and O–H groups in total. The fourth-order valence-electron chi connectivity index (χ4n) is 1.68. The second-order valence-corrected chi connectivity index (χ2v) is 4.09. The molecule has 0 atom stereocenters. The maximum atomic E-state index is 13.8. The number of hydrogen-bond acceptors (Lipinski definition) is 2. The summed E-state index contributed by atoms with van der Waals surface area (Å²) in [6, 6.07) is 8.47. The number of benzene rings is 2. The topological polar surface area (TPSA) is 55.1 Å². The van der Waals surface area contributed by atoms with E-state index in [9.17, 15) is 13.6 Å². The number of nitrogen functional groups attached to an aromatic ring is 1. The number of amides is 1. The molecular formula is C14H12F2N2O. The summed E-state index contributed by atoms with van der Waals surface area (Å²) in [4.78, 5) is 11.9. The normalized spacial score (nSPS) is 10.3. The fraction of sp³-hybridized carbons (Fsp3) is 0.0714. The van der Waals surface area contributed by atoms with E-state index in [-0.39, 0.29) is 16.9 Å². The van der Waals surface area contributed by atoms with Crippen LogP contribution < -0.4 is 11.1 Å². The molecule has 2 aromatic carbocycles. The van der Waals surface area contributed by atoms with E-state index in [2.05, 4.69) is 5.32 Å². The van der Waals surface area contributed by atoms with Crippen molar-refractivity contribution in [3.63, 3.8) is 0 Å². The minimum Gasteiger partial charge on any atom is -0.397 e. The number of carbonyl (C=O) groups excluding carboxylic acids is 1. The molecule has 0 bridgehead atoms. The van der Waals surface area contributed by atoms with Crippen LogP contribution in [0.5, 0.6) is 0 Å². The van der Waals surface area contributed by atoms with Gasteiger partial charge in [0.15, 0.2) is 0 Å². The summed E-state index contributed by atoms with van der Waals surface area (Å²) < 4.78 is 27.3. The predicted molar refractivity (Wildman–Crippen MR) is 69.9 cm³/mol. The van der Waals surface area contributed by atoms with Gasteiger partial charge in [-0.2, -0.15) is 0 Å². The number of anilines is 2. The van der Waals surface area contributed by atoms with Gasteiger partial charge in [0.05, 0.1) is 11.3 Å². The van der Waals surface area contributed by atoms with E-state index < -0.39 is 17.5 Å². The number of hydrogen-bond donors (Lipinski definition) is 2. The highest BCUT2D eigenvalue weighted by Crippen LogP contribution is 2.23. The van der Waals surface area contributed by atoms with Gasteiger partial charge in [-0.3, -0.25) is 4.79 Å². The summed E-state index contributed by atoms with van der Waals surface area (Å²) in [5.74, 6) is -2.03. The lowest BCUT2D eigenvalue weighted by Crippen LogP contribution is -2.16. The first kappa shape index (κ1) is 13.0. The molecule has 0 unspecified atom stereocenters. The molecule has 0 aliphatic carbocycles. The van der Waals surface area contributed by atoms with E-state index in [1.54, 1.807) is 19.1 Å².